The molecule has 0 radical (unpaired) electrons. The number of sulfonamides is 1. The molecule has 0 aliphatic carbocycles. The Balaban J connectivity index is 2.59. The summed E-state index contributed by atoms with van der Waals surface area (Å²) in [5.74, 6) is 0.614. The van der Waals surface area contributed by atoms with Crippen LogP contribution in [-0.4, -0.2) is 49.3 Å². The smallest absolute Gasteiger partial charge is 0.322 e. The molecule has 0 bridgehead atoms. The Hall–Kier alpha value is -1.68. The lowest BCUT2D eigenvalue weighted by atomic mass is 10.5. The molecule has 4 N–H and O–H groups in total. The Morgan fingerprint density at radius 3 is 2.37 bits per heavy atom. The summed E-state index contributed by atoms with van der Waals surface area (Å²) >= 11 is 0. The van der Waals surface area contributed by atoms with Crippen LogP contribution in [0.4, 0.5) is 11.9 Å². The molecule has 1 rings (SSSR count). The number of anilines is 2. The van der Waals surface area contributed by atoms with E-state index in [0.717, 1.165) is 0 Å². The van der Waals surface area contributed by atoms with Crippen molar-refractivity contribution in [2.75, 3.05) is 36.6 Å². The minimum absolute atomic E-state index is 0.0950. The standard InChI is InChI=1S/C9H18N6O3S/c1-3-11-7-13-8(15-9(14-7)18-2)12-5-4-6-19(10,16)17/h3-6H2,1-2H3,(H2,10,16,17)(H2,11,12,13,14,15). The molecule has 1 heterocycles. The minimum atomic E-state index is -3.44. The number of nitrogens with one attached hydrogen (secondary N) is 2. The third-order valence-corrected chi connectivity index (χ3v) is 2.88. The van der Waals surface area contributed by atoms with Crippen LogP contribution in [0.15, 0.2) is 0 Å². The molecule has 1 aromatic heterocycles. The molecule has 0 saturated heterocycles. The van der Waals surface area contributed by atoms with E-state index in [9.17, 15) is 8.42 Å². The lowest BCUT2D eigenvalue weighted by Crippen LogP contribution is -2.19. The quantitative estimate of drug-likeness (QED) is 0.541. The predicted molar refractivity (Wildman–Crippen MR) is 71.6 cm³/mol. The van der Waals surface area contributed by atoms with Crippen molar-refractivity contribution >= 4 is 21.9 Å². The van der Waals surface area contributed by atoms with Crippen LogP contribution in [0.2, 0.25) is 0 Å². The molecule has 10 heteroatoms. The number of primary sulfonamides is 1. The van der Waals surface area contributed by atoms with Crippen LogP contribution in [0.5, 0.6) is 6.01 Å². The Kier molecular flexibility index (Phi) is 5.70. The van der Waals surface area contributed by atoms with E-state index in [0.29, 0.717) is 31.4 Å². The Labute approximate surface area is 112 Å². The van der Waals surface area contributed by atoms with E-state index in [1.165, 1.54) is 7.11 Å². The fourth-order valence-electron chi connectivity index (χ4n) is 1.24. The summed E-state index contributed by atoms with van der Waals surface area (Å²) in [6, 6.07) is 0.180. The highest BCUT2D eigenvalue weighted by Gasteiger charge is 2.06. The second kappa shape index (κ2) is 7.04. The first kappa shape index (κ1) is 15.4. The number of rotatable bonds is 8. The monoisotopic (exact) mass is 290 g/mol. The van der Waals surface area contributed by atoms with Gasteiger partial charge in [0, 0.05) is 13.1 Å². The third kappa shape index (κ3) is 6.15. The van der Waals surface area contributed by atoms with Crippen molar-refractivity contribution in [3.63, 3.8) is 0 Å². The third-order valence-electron chi connectivity index (χ3n) is 2.02. The van der Waals surface area contributed by atoms with Crippen molar-refractivity contribution < 1.29 is 13.2 Å². The van der Waals surface area contributed by atoms with Crippen molar-refractivity contribution in [1.82, 2.24) is 15.0 Å². The average Bonchev–Trinajstić information content (AvgIpc) is 2.34. The van der Waals surface area contributed by atoms with Crippen molar-refractivity contribution in [1.29, 1.82) is 0 Å². The van der Waals surface area contributed by atoms with Crippen LogP contribution in [-0.2, 0) is 10.0 Å². The molecule has 0 spiro atoms. The Bertz CT molecular complexity index is 507. The van der Waals surface area contributed by atoms with Gasteiger partial charge in [0.25, 0.3) is 0 Å². The highest BCUT2D eigenvalue weighted by Crippen LogP contribution is 2.10. The van der Waals surface area contributed by atoms with Crippen LogP contribution >= 0.6 is 0 Å². The van der Waals surface area contributed by atoms with Crippen LogP contribution in [0.3, 0.4) is 0 Å². The van der Waals surface area contributed by atoms with Crippen LogP contribution in [0, 0.1) is 0 Å². The van der Waals surface area contributed by atoms with Gasteiger partial charge in [-0.05, 0) is 13.3 Å². The fraction of sp³-hybridized carbons (Fsp3) is 0.667. The zero-order valence-corrected chi connectivity index (χ0v) is 11.7. The normalized spacial score (nSPS) is 11.1. The summed E-state index contributed by atoms with van der Waals surface area (Å²) in [7, 11) is -1.98. The van der Waals surface area contributed by atoms with Crippen molar-refractivity contribution in [3.8, 4) is 6.01 Å². The van der Waals surface area contributed by atoms with E-state index >= 15 is 0 Å². The molecule has 0 aliphatic rings. The first-order chi connectivity index (χ1) is 8.94. The topological polar surface area (TPSA) is 132 Å². The molecule has 0 atom stereocenters. The summed E-state index contributed by atoms with van der Waals surface area (Å²) in [6.45, 7) is 2.96. The highest BCUT2D eigenvalue weighted by molar-refractivity contribution is 7.89. The van der Waals surface area contributed by atoms with E-state index < -0.39 is 10.0 Å². The summed E-state index contributed by atoms with van der Waals surface area (Å²) in [6.07, 6.45) is 0.364. The summed E-state index contributed by atoms with van der Waals surface area (Å²) < 4.78 is 26.5. The Morgan fingerprint density at radius 2 is 1.84 bits per heavy atom. The zero-order valence-electron chi connectivity index (χ0n) is 10.9. The number of nitrogens with two attached hydrogens (primary N) is 1. The van der Waals surface area contributed by atoms with Gasteiger partial charge in [0.2, 0.25) is 21.9 Å². The molecule has 0 saturated carbocycles. The maximum atomic E-state index is 10.8. The SMILES string of the molecule is CCNc1nc(NCCCS(N)(=O)=O)nc(OC)n1. The van der Waals surface area contributed by atoms with Crippen molar-refractivity contribution in [2.45, 2.75) is 13.3 Å². The molecule has 1 aromatic rings. The lowest BCUT2D eigenvalue weighted by molar-refractivity contribution is 0.379. The largest absolute Gasteiger partial charge is 0.467 e. The lowest BCUT2D eigenvalue weighted by Gasteiger charge is -2.08. The van der Waals surface area contributed by atoms with Gasteiger partial charge in [0.15, 0.2) is 0 Å². The van der Waals surface area contributed by atoms with Gasteiger partial charge in [-0.2, -0.15) is 15.0 Å². The molecule has 9 nitrogen and oxygen atoms in total. The van der Waals surface area contributed by atoms with Crippen molar-refractivity contribution in [3.05, 3.63) is 0 Å². The van der Waals surface area contributed by atoms with Gasteiger partial charge < -0.3 is 15.4 Å². The van der Waals surface area contributed by atoms with Gasteiger partial charge in [0.1, 0.15) is 0 Å². The predicted octanol–water partition coefficient (Wildman–Crippen LogP) is -0.597. The fourth-order valence-corrected chi connectivity index (χ4v) is 1.78. The van der Waals surface area contributed by atoms with E-state index in [4.69, 9.17) is 9.88 Å². The molecule has 0 aliphatic heterocycles. The number of methoxy groups -OCH3 is 1. The van der Waals surface area contributed by atoms with Gasteiger partial charge >= 0.3 is 6.01 Å². The number of ether oxygens (including phenoxy) is 1. The van der Waals surface area contributed by atoms with Crippen LogP contribution in [0.25, 0.3) is 0 Å². The number of hydrogen-bond donors (Lipinski definition) is 3. The van der Waals surface area contributed by atoms with Gasteiger partial charge in [-0.15, -0.1) is 0 Å². The van der Waals surface area contributed by atoms with E-state index in [1.54, 1.807) is 0 Å². The zero-order chi connectivity index (χ0) is 14.3. The second-order valence-corrected chi connectivity index (χ2v) is 5.38. The molecular formula is C9H18N6O3S. The maximum absolute atomic E-state index is 10.8. The molecule has 19 heavy (non-hydrogen) atoms. The van der Waals surface area contributed by atoms with Gasteiger partial charge in [-0.25, -0.2) is 13.6 Å². The number of aromatic nitrogens is 3. The molecule has 0 amide bonds. The average molecular weight is 290 g/mol. The van der Waals surface area contributed by atoms with Crippen LogP contribution in [0.1, 0.15) is 13.3 Å². The minimum Gasteiger partial charge on any atom is -0.467 e. The molecule has 108 valence electrons. The Morgan fingerprint density at radius 1 is 1.21 bits per heavy atom. The summed E-state index contributed by atoms with van der Waals surface area (Å²) in [5.41, 5.74) is 0. The first-order valence-corrected chi connectivity index (χ1v) is 7.44. The van der Waals surface area contributed by atoms with E-state index in [2.05, 4.69) is 25.6 Å². The van der Waals surface area contributed by atoms with Crippen molar-refractivity contribution in [2.24, 2.45) is 5.14 Å². The first-order valence-electron chi connectivity index (χ1n) is 5.73. The summed E-state index contributed by atoms with van der Waals surface area (Å²) in [5, 5.41) is 10.7. The molecule has 0 unspecified atom stereocenters. The van der Waals surface area contributed by atoms with Crippen LogP contribution < -0.4 is 20.5 Å². The van der Waals surface area contributed by atoms with E-state index in [-0.39, 0.29) is 11.8 Å². The number of hydrogen-bond acceptors (Lipinski definition) is 8. The van der Waals surface area contributed by atoms with Gasteiger partial charge in [-0.3, -0.25) is 0 Å². The van der Waals surface area contributed by atoms with Gasteiger partial charge in [0.05, 0.1) is 12.9 Å². The molecular weight excluding hydrogens is 272 g/mol. The number of nitrogens with zero attached hydrogens (tertiary/aromatic N) is 3. The summed E-state index contributed by atoms with van der Waals surface area (Å²) in [4.78, 5) is 12.1. The second-order valence-electron chi connectivity index (χ2n) is 3.65. The van der Waals surface area contributed by atoms with Gasteiger partial charge in [-0.1, -0.05) is 0 Å². The van der Waals surface area contributed by atoms with E-state index in [1.807, 2.05) is 6.92 Å². The molecule has 0 fully saturated rings. The molecule has 0 aromatic carbocycles. The maximum Gasteiger partial charge on any atom is 0.322 e. The highest BCUT2D eigenvalue weighted by atomic mass is 32.2.